The van der Waals surface area contributed by atoms with Crippen LogP contribution in [0.15, 0.2) is 0 Å². The molecule has 2 N–H and O–H groups in total. The number of rotatable bonds is 8. The summed E-state index contributed by atoms with van der Waals surface area (Å²) in [6.07, 6.45) is 5.53. The van der Waals surface area contributed by atoms with Gasteiger partial charge >= 0.3 is 0 Å². The molecule has 1 atom stereocenters. The van der Waals surface area contributed by atoms with Gasteiger partial charge in [0.15, 0.2) is 0 Å². The molecule has 2 nitrogen and oxygen atoms in total. The van der Waals surface area contributed by atoms with Gasteiger partial charge in [-0.1, -0.05) is 33.6 Å². The molecule has 0 aromatic carbocycles. The Balaban J connectivity index is 4.28. The minimum absolute atomic E-state index is 0.0794. The lowest BCUT2D eigenvalue weighted by Gasteiger charge is -2.37. The summed E-state index contributed by atoms with van der Waals surface area (Å²) >= 11 is 0. The molecule has 0 spiro atoms. The Hall–Kier alpha value is -0.0800. The van der Waals surface area contributed by atoms with E-state index in [1.54, 1.807) is 0 Å². The van der Waals surface area contributed by atoms with E-state index in [4.69, 9.17) is 10.5 Å². The average Bonchev–Trinajstić information content (AvgIpc) is 2.22. The molecule has 0 fully saturated rings. The fourth-order valence-electron chi connectivity index (χ4n) is 2.06. The maximum atomic E-state index is 6.22. The van der Waals surface area contributed by atoms with Crippen molar-refractivity contribution in [1.82, 2.24) is 0 Å². The Bertz CT molecular complexity index is 132. The third-order valence-corrected chi connectivity index (χ3v) is 3.17. The van der Waals surface area contributed by atoms with Crippen LogP contribution in [0.1, 0.15) is 59.8 Å². The van der Waals surface area contributed by atoms with Crippen LogP contribution in [0.5, 0.6) is 0 Å². The van der Waals surface area contributed by atoms with Gasteiger partial charge < -0.3 is 10.5 Å². The van der Waals surface area contributed by atoms with Crippen LogP contribution in [-0.4, -0.2) is 18.2 Å². The van der Waals surface area contributed by atoms with E-state index in [0.29, 0.717) is 0 Å². The van der Waals surface area contributed by atoms with Gasteiger partial charge in [-0.25, -0.2) is 0 Å². The molecule has 0 bridgehead atoms. The summed E-state index contributed by atoms with van der Waals surface area (Å²) in [5.41, 5.74) is 6.14. The summed E-state index contributed by atoms with van der Waals surface area (Å²) in [6, 6.07) is 0.192. The smallest absolute Gasteiger partial charge is 0.0827 e. The second-order valence-electron chi connectivity index (χ2n) is 3.95. The van der Waals surface area contributed by atoms with Crippen LogP contribution in [0, 0.1) is 0 Å². The van der Waals surface area contributed by atoms with Crippen molar-refractivity contribution in [3.63, 3.8) is 0 Å². The zero-order chi connectivity index (χ0) is 11.0. The average molecular weight is 201 g/mol. The van der Waals surface area contributed by atoms with Crippen molar-refractivity contribution >= 4 is 0 Å². The molecule has 0 aromatic rings. The molecule has 0 aliphatic rings. The molecule has 0 aliphatic heterocycles. The lowest BCUT2D eigenvalue weighted by Crippen LogP contribution is -2.49. The number of hydrogen-bond donors (Lipinski definition) is 1. The van der Waals surface area contributed by atoms with Crippen LogP contribution in [0.2, 0.25) is 0 Å². The van der Waals surface area contributed by atoms with Crippen LogP contribution >= 0.6 is 0 Å². The summed E-state index contributed by atoms with van der Waals surface area (Å²) in [5.74, 6) is 0. The first kappa shape index (κ1) is 13.9. The summed E-state index contributed by atoms with van der Waals surface area (Å²) in [6.45, 7) is 9.36. The van der Waals surface area contributed by atoms with Gasteiger partial charge in [0.05, 0.1) is 5.60 Å². The lowest BCUT2D eigenvalue weighted by molar-refractivity contribution is -0.0653. The highest BCUT2D eigenvalue weighted by atomic mass is 16.5. The van der Waals surface area contributed by atoms with Gasteiger partial charge in [0.25, 0.3) is 0 Å². The molecular weight excluding hydrogens is 174 g/mol. The molecule has 2 heteroatoms. The van der Waals surface area contributed by atoms with Crippen LogP contribution in [-0.2, 0) is 4.74 Å². The van der Waals surface area contributed by atoms with Crippen LogP contribution < -0.4 is 5.73 Å². The number of unbranched alkanes of at least 4 members (excludes halogenated alkanes) is 1. The topological polar surface area (TPSA) is 35.2 Å². The number of ether oxygens (including phenoxy) is 1. The first-order valence-corrected chi connectivity index (χ1v) is 6.06. The molecule has 0 amide bonds. The Kier molecular flexibility index (Phi) is 7.20. The fraction of sp³-hybridized carbons (Fsp3) is 1.00. The van der Waals surface area contributed by atoms with Crippen molar-refractivity contribution in [2.45, 2.75) is 71.4 Å². The zero-order valence-electron chi connectivity index (χ0n) is 10.3. The Morgan fingerprint density at radius 2 is 1.71 bits per heavy atom. The highest BCUT2D eigenvalue weighted by Crippen LogP contribution is 2.26. The van der Waals surface area contributed by atoms with Gasteiger partial charge in [0, 0.05) is 12.6 Å². The zero-order valence-corrected chi connectivity index (χ0v) is 10.3. The maximum absolute atomic E-state index is 6.22. The van der Waals surface area contributed by atoms with E-state index in [1.807, 2.05) is 6.92 Å². The van der Waals surface area contributed by atoms with Gasteiger partial charge in [-0.3, -0.25) is 0 Å². The van der Waals surface area contributed by atoms with E-state index in [0.717, 1.165) is 25.9 Å². The first-order chi connectivity index (χ1) is 6.66. The van der Waals surface area contributed by atoms with Gasteiger partial charge in [-0.2, -0.15) is 0 Å². The molecule has 0 saturated carbocycles. The minimum atomic E-state index is -0.0794. The minimum Gasteiger partial charge on any atom is -0.374 e. The molecular formula is C12H27NO. The van der Waals surface area contributed by atoms with Crippen LogP contribution in [0.3, 0.4) is 0 Å². The second-order valence-corrected chi connectivity index (χ2v) is 3.95. The van der Waals surface area contributed by atoms with E-state index < -0.39 is 0 Å². The highest BCUT2D eigenvalue weighted by molar-refractivity contribution is 4.89. The molecule has 0 rings (SSSR count). The SMILES string of the molecule is CCCCC(N)C(CC)(CC)OCC. The molecule has 0 heterocycles. The molecule has 0 radical (unpaired) electrons. The van der Waals surface area contributed by atoms with Gasteiger partial charge in [0.2, 0.25) is 0 Å². The van der Waals surface area contributed by atoms with Crippen molar-refractivity contribution < 1.29 is 4.74 Å². The quantitative estimate of drug-likeness (QED) is 0.655. The van der Waals surface area contributed by atoms with Crippen molar-refractivity contribution in [2.24, 2.45) is 5.73 Å². The van der Waals surface area contributed by atoms with Gasteiger partial charge in [-0.15, -0.1) is 0 Å². The van der Waals surface area contributed by atoms with Gasteiger partial charge in [-0.05, 0) is 26.2 Å². The predicted octanol–water partition coefficient (Wildman–Crippen LogP) is 3.10. The van der Waals surface area contributed by atoms with E-state index in [9.17, 15) is 0 Å². The molecule has 0 aromatic heterocycles. The molecule has 1 unspecified atom stereocenters. The first-order valence-electron chi connectivity index (χ1n) is 6.06. The third kappa shape index (κ3) is 3.58. The van der Waals surface area contributed by atoms with E-state index in [1.165, 1.54) is 12.8 Å². The van der Waals surface area contributed by atoms with Crippen molar-refractivity contribution in [2.75, 3.05) is 6.61 Å². The number of hydrogen-bond acceptors (Lipinski definition) is 2. The van der Waals surface area contributed by atoms with Crippen molar-refractivity contribution in [1.29, 1.82) is 0 Å². The van der Waals surface area contributed by atoms with Crippen LogP contribution in [0.4, 0.5) is 0 Å². The summed E-state index contributed by atoms with van der Waals surface area (Å²) in [4.78, 5) is 0. The summed E-state index contributed by atoms with van der Waals surface area (Å²) in [5, 5.41) is 0. The van der Waals surface area contributed by atoms with Crippen LogP contribution in [0.25, 0.3) is 0 Å². The van der Waals surface area contributed by atoms with E-state index in [-0.39, 0.29) is 11.6 Å². The standard InChI is InChI=1S/C12H27NO/c1-5-9-10-11(13)12(6-2,7-3)14-8-4/h11H,5-10,13H2,1-4H3. The summed E-state index contributed by atoms with van der Waals surface area (Å²) < 4.78 is 5.86. The monoisotopic (exact) mass is 201 g/mol. The maximum Gasteiger partial charge on any atom is 0.0827 e. The van der Waals surface area contributed by atoms with E-state index in [2.05, 4.69) is 20.8 Å². The third-order valence-electron chi connectivity index (χ3n) is 3.17. The predicted molar refractivity (Wildman–Crippen MR) is 62.4 cm³/mol. The normalized spacial score (nSPS) is 14.4. The molecule has 86 valence electrons. The van der Waals surface area contributed by atoms with Gasteiger partial charge in [0.1, 0.15) is 0 Å². The molecule has 0 aliphatic carbocycles. The molecule has 0 saturated heterocycles. The number of nitrogens with two attached hydrogens (primary N) is 1. The lowest BCUT2D eigenvalue weighted by atomic mass is 9.86. The summed E-state index contributed by atoms with van der Waals surface area (Å²) in [7, 11) is 0. The Morgan fingerprint density at radius 3 is 2.07 bits per heavy atom. The van der Waals surface area contributed by atoms with Crippen molar-refractivity contribution in [3.8, 4) is 0 Å². The van der Waals surface area contributed by atoms with Crippen molar-refractivity contribution in [3.05, 3.63) is 0 Å². The van der Waals surface area contributed by atoms with E-state index >= 15 is 0 Å². The fourth-order valence-corrected chi connectivity index (χ4v) is 2.06. The second kappa shape index (κ2) is 7.24. The largest absolute Gasteiger partial charge is 0.374 e. The highest BCUT2D eigenvalue weighted by Gasteiger charge is 2.33. The Labute approximate surface area is 89.2 Å². The Morgan fingerprint density at radius 1 is 1.14 bits per heavy atom. The molecule has 14 heavy (non-hydrogen) atoms.